The molecule has 35 heavy (non-hydrogen) atoms. The third kappa shape index (κ3) is 6.62. The first-order chi connectivity index (χ1) is 16.7. The van der Waals surface area contributed by atoms with Gasteiger partial charge in [0.15, 0.2) is 0 Å². The number of esters is 1. The smallest absolute Gasteiger partial charge is 0.343 e. The van der Waals surface area contributed by atoms with Gasteiger partial charge in [-0.1, -0.05) is 29.3 Å². The van der Waals surface area contributed by atoms with E-state index in [1.54, 1.807) is 25.1 Å². The highest BCUT2D eigenvalue weighted by Crippen LogP contribution is 2.29. The summed E-state index contributed by atoms with van der Waals surface area (Å²) in [5.41, 5.74) is 3.29. The van der Waals surface area contributed by atoms with E-state index < -0.39 is 22.7 Å². The number of ether oxygens (including phenoxy) is 1. The number of anilines is 1. The highest BCUT2D eigenvalue weighted by molar-refractivity contribution is 6.45. The molecule has 2 amide bonds. The van der Waals surface area contributed by atoms with E-state index in [-0.39, 0.29) is 32.7 Å². The van der Waals surface area contributed by atoms with E-state index in [9.17, 15) is 24.5 Å². The molecule has 2 N–H and O–H groups in total. The summed E-state index contributed by atoms with van der Waals surface area (Å²) in [6, 6.07) is 15.8. The summed E-state index contributed by atoms with van der Waals surface area (Å²) in [7, 11) is 0. The van der Waals surface area contributed by atoms with Gasteiger partial charge in [-0.05, 0) is 61.0 Å². The third-order valence-corrected chi connectivity index (χ3v) is 5.35. The van der Waals surface area contributed by atoms with Gasteiger partial charge in [0.2, 0.25) is 0 Å². The topological polar surface area (TPSA) is 140 Å². The number of nitrogens with one attached hydrogen (secondary N) is 2. The zero-order valence-electron chi connectivity index (χ0n) is 18.0. The minimum Gasteiger partial charge on any atom is -0.423 e. The summed E-state index contributed by atoms with van der Waals surface area (Å²) in [6.45, 7) is 1.60. The molecule has 178 valence electrons. The van der Waals surface area contributed by atoms with E-state index in [2.05, 4.69) is 15.8 Å². The fourth-order valence-corrected chi connectivity index (χ4v) is 3.03. The van der Waals surface area contributed by atoms with E-state index in [1.165, 1.54) is 48.5 Å². The Morgan fingerprint density at radius 3 is 2.17 bits per heavy atom. The molecule has 0 saturated carbocycles. The van der Waals surface area contributed by atoms with Crippen molar-refractivity contribution in [2.45, 2.75) is 6.92 Å². The standard InChI is InChI=1S/C23H16Cl2N4O6/c1-13(27-28-22(31)21(30)26-19-4-2-3-18(24)20(19)25)14-7-11-17(12-8-14)35-23(32)15-5-9-16(10-6-15)29(33)34/h2-12H,1H3,(H,26,30)(H,28,31). The molecule has 3 rings (SSSR count). The maximum absolute atomic E-state index is 12.2. The number of benzene rings is 3. The summed E-state index contributed by atoms with van der Waals surface area (Å²) >= 11 is 11.9. The van der Waals surface area contributed by atoms with Gasteiger partial charge in [-0.15, -0.1) is 0 Å². The summed E-state index contributed by atoms with van der Waals surface area (Å²) in [6.07, 6.45) is 0. The predicted octanol–water partition coefficient (Wildman–Crippen LogP) is 4.60. The van der Waals surface area contributed by atoms with Crippen LogP contribution in [0, 0.1) is 10.1 Å². The van der Waals surface area contributed by atoms with Gasteiger partial charge in [0.05, 0.1) is 31.9 Å². The van der Waals surface area contributed by atoms with E-state index in [0.717, 1.165) is 0 Å². The number of carbonyl (C=O) groups is 3. The summed E-state index contributed by atoms with van der Waals surface area (Å²) in [5.74, 6) is -2.46. The zero-order chi connectivity index (χ0) is 25.5. The Bertz CT molecular complexity index is 1320. The second kappa shape index (κ2) is 11.2. The molecule has 3 aromatic rings. The van der Waals surface area contributed by atoms with E-state index >= 15 is 0 Å². The molecular weight excluding hydrogens is 499 g/mol. The minimum atomic E-state index is -1.02. The Kier molecular flexibility index (Phi) is 8.13. The monoisotopic (exact) mass is 514 g/mol. The number of nitrogens with zero attached hydrogens (tertiary/aromatic N) is 2. The van der Waals surface area contributed by atoms with Crippen molar-refractivity contribution < 1.29 is 24.0 Å². The van der Waals surface area contributed by atoms with Gasteiger partial charge in [0.25, 0.3) is 5.69 Å². The number of non-ortho nitro benzene ring substituents is 1. The summed E-state index contributed by atoms with van der Waals surface area (Å²) in [5, 5.41) is 17.3. The number of hydrogen-bond acceptors (Lipinski definition) is 7. The van der Waals surface area contributed by atoms with Gasteiger partial charge in [-0.2, -0.15) is 5.10 Å². The highest BCUT2D eigenvalue weighted by Gasteiger charge is 2.16. The number of carbonyl (C=O) groups excluding carboxylic acids is 3. The lowest BCUT2D eigenvalue weighted by Crippen LogP contribution is -2.33. The third-order valence-electron chi connectivity index (χ3n) is 4.53. The van der Waals surface area contributed by atoms with Crippen LogP contribution in [0.1, 0.15) is 22.8 Å². The Labute approximate surface area is 208 Å². The summed E-state index contributed by atoms with van der Waals surface area (Å²) in [4.78, 5) is 46.5. The Hall–Kier alpha value is -4.28. The number of halogens is 2. The maximum Gasteiger partial charge on any atom is 0.343 e. The van der Waals surface area contributed by atoms with E-state index in [4.69, 9.17) is 27.9 Å². The Morgan fingerprint density at radius 1 is 0.914 bits per heavy atom. The molecule has 0 bridgehead atoms. The van der Waals surface area contributed by atoms with Crippen molar-refractivity contribution in [1.82, 2.24) is 5.43 Å². The average molecular weight is 515 g/mol. The van der Waals surface area contributed by atoms with Crippen molar-refractivity contribution in [3.8, 4) is 5.75 Å². The second-order valence-corrected chi connectivity index (χ2v) is 7.70. The van der Waals surface area contributed by atoms with Crippen LogP contribution in [0.25, 0.3) is 0 Å². The zero-order valence-corrected chi connectivity index (χ0v) is 19.5. The molecular formula is C23H16Cl2N4O6. The number of nitro groups is 1. The molecule has 0 heterocycles. The second-order valence-electron chi connectivity index (χ2n) is 6.91. The fraction of sp³-hybridized carbons (Fsp3) is 0.0435. The summed E-state index contributed by atoms with van der Waals surface area (Å²) < 4.78 is 5.25. The van der Waals surface area contributed by atoms with Gasteiger partial charge in [-0.3, -0.25) is 19.7 Å². The molecule has 0 radical (unpaired) electrons. The van der Waals surface area contributed by atoms with Crippen LogP contribution >= 0.6 is 23.2 Å². The van der Waals surface area contributed by atoms with Crippen LogP contribution in [-0.2, 0) is 9.59 Å². The largest absolute Gasteiger partial charge is 0.423 e. The van der Waals surface area contributed by atoms with Gasteiger partial charge in [-0.25, -0.2) is 10.2 Å². The van der Waals surface area contributed by atoms with Crippen molar-refractivity contribution in [3.63, 3.8) is 0 Å². The van der Waals surface area contributed by atoms with Crippen LogP contribution in [0.2, 0.25) is 10.0 Å². The Balaban J connectivity index is 1.58. The molecule has 0 spiro atoms. The maximum atomic E-state index is 12.2. The van der Waals surface area contributed by atoms with Crippen LogP contribution in [0.5, 0.6) is 5.75 Å². The van der Waals surface area contributed by atoms with Crippen LogP contribution in [-0.4, -0.2) is 28.4 Å². The first kappa shape index (κ1) is 25.3. The van der Waals surface area contributed by atoms with Gasteiger partial charge in [0, 0.05) is 12.1 Å². The van der Waals surface area contributed by atoms with Gasteiger partial charge < -0.3 is 10.1 Å². The van der Waals surface area contributed by atoms with E-state index in [1.807, 2.05) is 0 Å². The highest BCUT2D eigenvalue weighted by atomic mass is 35.5. The molecule has 0 atom stereocenters. The fourth-order valence-electron chi connectivity index (χ4n) is 2.68. The number of nitro benzene ring substituents is 1. The average Bonchev–Trinajstić information content (AvgIpc) is 2.85. The number of hydrogen-bond donors (Lipinski definition) is 2. The molecule has 0 fully saturated rings. The quantitative estimate of drug-likeness (QED) is 0.123. The van der Waals surface area contributed by atoms with Gasteiger partial charge in [0.1, 0.15) is 5.75 Å². The first-order valence-corrected chi connectivity index (χ1v) is 10.6. The molecule has 0 unspecified atom stereocenters. The molecule has 0 aliphatic heterocycles. The number of amides is 2. The lowest BCUT2D eigenvalue weighted by molar-refractivity contribution is -0.384. The molecule has 0 aliphatic rings. The van der Waals surface area contributed by atoms with E-state index in [0.29, 0.717) is 11.3 Å². The molecule has 10 nitrogen and oxygen atoms in total. The normalized spacial score (nSPS) is 10.9. The van der Waals surface area contributed by atoms with Crippen LogP contribution in [0.3, 0.4) is 0 Å². The molecule has 0 aliphatic carbocycles. The lowest BCUT2D eigenvalue weighted by Gasteiger charge is -2.08. The molecule has 3 aromatic carbocycles. The minimum absolute atomic E-state index is 0.101. The van der Waals surface area contributed by atoms with Crippen LogP contribution in [0.15, 0.2) is 71.8 Å². The van der Waals surface area contributed by atoms with Gasteiger partial charge >= 0.3 is 17.8 Å². The lowest BCUT2D eigenvalue weighted by atomic mass is 10.1. The number of hydrazone groups is 1. The van der Waals surface area contributed by atoms with Crippen molar-refractivity contribution in [2.24, 2.45) is 5.10 Å². The Morgan fingerprint density at radius 2 is 1.54 bits per heavy atom. The van der Waals surface area contributed by atoms with Crippen molar-refractivity contribution >= 4 is 58.1 Å². The van der Waals surface area contributed by atoms with Crippen LogP contribution in [0.4, 0.5) is 11.4 Å². The van der Waals surface area contributed by atoms with Crippen LogP contribution < -0.4 is 15.5 Å². The first-order valence-electron chi connectivity index (χ1n) is 9.82. The van der Waals surface area contributed by atoms with Crippen molar-refractivity contribution in [1.29, 1.82) is 0 Å². The van der Waals surface area contributed by atoms with Crippen molar-refractivity contribution in [3.05, 3.63) is 98.0 Å². The molecule has 0 saturated heterocycles. The molecule has 12 heteroatoms. The molecule has 0 aromatic heterocycles. The predicted molar refractivity (Wildman–Crippen MR) is 130 cm³/mol. The van der Waals surface area contributed by atoms with Crippen molar-refractivity contribution in [2.75, 3.05) is 5.32 Å². The number of rotatable bonds is 6. The SMILES string of the molecule is CC(=NNC(=O)C(=O)Nc1cccc(Cl)c1Cl)c1ccc(OC(=O)c2ccc([N+](=O)[O-])cc2)cc1.